The highest BCUT2D eigenvalue weighted by Gasteiger charge is 2.44. The Labute approximate surface area is 204 Å². The van der Waals surface area contributed by atoms with Crippen LogP contribution in [0, 0.1) is 5.92 Å². The van der Waals surface area contributed by atoms with E-state index in [2.05, 4.69) is 0 Å². The number of allylic oxidation sites excluding steroid dienone is 2. The lowest BCUT2D eigenvalue weighted by atomic mass is 9.69. The molecule has 2 aliphatic rings. The molecule has 0 bridgehead atoms. The van der Waals surface area contributed by atoms with Crippen LogP contribution in [0.2, 0.25) is 0 Å². The molecule has 1 heterocycles. The van der Waals surface area contributed by atoms with E-state index in [1.165, 1.54) is 20.3 Å². The summed E-state index contributed by atoms with van der Waals surface area (Å²) in [4.78, 5) is 31.2. The lowest BCUT2D eigenvalue weighted by molar-refractivity contribution is -0.143. The molecule has 0 amide bonds. The van der Waals surface area contributed by atoms with Gasteiger partial charge < -0.3 is 24.1 Å². The van der Waals surface area contributed by atoms with E-state index < -0.39 is 17.8 Å². The molecule has 0 fully saturated rings. The molecular weight excluding hydrogens is 450 g/mol. The number of hydrogen-bond acceptors (Lipinski definition) is 8. The van der Waals surface area contributed by atoms with Gasteiger partial charge in [0.1, 0.15) is 5.92 Å². The van der Waals surface area contributed by atoms with Crippen LogP contribution in [0.5, 0.6) is 23.0 Å². The molecular formula is C27H29NO7. The second-order valence-corrected chi connectivity index (χ2v) is 8.67. The maximum Gasteiger partial charge on any atom is 0.315 e. The van der Waals surface area contributed by atoms with Crippen molar-refractivity contribution in [3.8, 4) is 23.0 Å². The molecule has 1 N–H and O–H groups in total. The SMILES string of the molecule is COC(=O)C1C(C)=NC2=C(C(=O)C[C@@H](c3ccc(OC)c(OC)c3)C2)[C@H]1c1ccc(O)c(OC)c1. The number of aliphatic imine (C=N–C) groups is 1. The molecule has 2 aromatic carbocycles. The molecule has 4 rings (SSSR count). The Kier molecular flexibility index (Phi) is 6.82. The summed E-state index contributed by atoms with van der Waals surface area (Å²) in [5, 5.41) is 10.1. The second-order valence-electron chi connectivity index (χ2n) is 8.67. The van der Waals surface area contributed by atoms with E-state index >= 15 is 0 Å². The van der Waals surface area contributed by atoms with E-state index in [-0.39, 0.29) is 29.6 Å². The summed E-state index contributed by atoms with van der Waals surface area (Å²) in [6.07, 6.45) is 0.802. The molecule has 2 aromatic rings. The molecule has 0 spiro atoms. The number of benzene rings is 2. The Morgan fingerprint density at radius 2 is 1.57 bits per heavy atom. The Morgan fingerprint density at radius 1 is 0.914 bits per heavy atom. The Morgan fingerprint density at radius 3 is 2.23 bits per heavy atom. The molecule has 0 saturated carbocycles. The highest BCUT2D eigenvalue weighted by atomic mass is 16.5. The number of carbonyl (C=O) groups excluding carboxylic acids is 2. The van der Waals surface area contributed by atoms with Gasteiger partial charge in [-0.25, -0.2) is 0 Å². The number of esters is 1. The maximum absolute atomic E-state index is 13.6. The molecule has 0 radical (unpaired) electrons. The van der Waals surface area contributed by atoms with E-state index in [1.54, 1.807) is 33.3 Å². The van der Waals surface area contributed by atoms with Crippen LogP contribution < -0.4 is 14.2 Å². The van der Waals surface area contributed by atoms with E-state index in [9.17, 15) is 14.7 Å². The molecule has 1 unspecified atom stereocenters. The molecule has 184 valence electrons. The highest BCUT2D eigenvalue weighted by Crippen LogP contribution is 2.48. The van der Waals surface area contributed by atoms with Gasteiger partial charge in [0, 0.05) is 29.3 Å². The van der Waals surface area contributed by atoms with Crippen molar-refractivity contribution in [2.24, 2.45) is 10.9 Å². The van der Waals surface area contributed by atoms with Crippen molar-refractivity contribution < 1.29 is 33.6 Å². The smallest absolute Gasteiger partial charge is 0.315 e. The van der Waals surface area contributed by atoms with Gasteiger partial charge in [-0.1, -0.05) is 12.1 Å². The predicted molar refractivity (Wildman–Crippen MR) is 130 cm³/mol. The van der Waals surface area contributed by atoms with E-state index in [1.807, 2.05) is 18.2 Å². The first-order chi connectivity index (χ1) is 16.8. The lowest BCUT2D eigenvalue weighted by Gasteiger charge is -2.36. The van der Waals surface area contributed by atoms with Gasteiger partial charge in [-0.2, -0.15) is 0 Å². The van der Waals surface area contributed by atoms with Gasteiger partial charge in [0.2, 0.25) is 0 Å². The van der Waals surface area contributed by atoms with Gasteiger partial charge in [-0.15, -0.1) is 0 Å². The van der Waals surface area contributed by atoms with Gasteiger partial charge in [0.05, 0.1) is 28.4 Å². The third kappa shape index (κ3) is 4.36. The average Bonchev–Trinajstić information content (AvgIpc) is 2.87. The summed E-state index contributed by atoms with van der Waals surface area (Å²) in [5.74, 6) is -0.532. The zero-order chi connectivity index (χ0) is 25.3. The number of Topliss-reactive ketones (excluding diaryl/α,β-unsaturated/α-hetero) is 1. The lowest BCUT2D eigenvalue weighted by Crippen LogP contribution is -2.37. The number of methoxy groups -OCH3 is 4. The topological polar surface area (TPSA) is 104 Å². The quantitative estimate of drug-likeness (QED) is 0.620. The van der Waals surface area contributed by atoms with Crippen LogP contribution in [0.3, 0.4) is 0 Å². The number of hydrogen-bond donors (Lipinski definition) is 1. The van der Waals surface area contributed by atoms with E-state index in [0.717, 1.165) is 5.56 Å². The van der Waals surface area contributed by atoms with Crippen molar-refractivity contribution in [2.45, 2.75) is 31.6 Å². The molecule has 35 heavy (non-hydrogen) atoms. The van der Waals surface area contributed by atoms with Gasteiger partial charge in [0.15, 0.2) is 28.8 Å². The summed E-state index contributed by atoms with van der Waals surface area (Å²) in [6, 6.07) is 10.5. The average molecular weight is 480 g/mol. The summed E-state index contributed by atoms with van der Waals surface area (Å²) in [7, 11) is 5.93. The standard InChI is InChI=1S/C27H29NO7/c1-14-24(27(31)35-5)25(16-6-8-19(29)22(13-16)33-3)26-18(28-14)10-17(11-20(26)30)15-7-9-21(32-2)23(12-15)34-4/h6-9,12-13,17,24-25,29H,10-11H2,1-5H3/t17-,24?,25-/m0/s1. The summed E-state index contributed by atoms with van der Waals surface area (Å²) < 4.78 is 21.2. The Bertz CT molecular complexity index is 1230. The van der Waals surface area contributed by atoms with Gasteiger partial charge in [-0.3, -0.25) is 14.6 Å². The number of aromatic hydroxyl groups is 1. The number of ketones is 1. The molecule has 0 aromatic heterocycles. The van der Waals surface area contributed by atoms with E-state index in [4.69, 9.17) is 23.9 Å². The van der Waals surface area contributed by atoms with Crippen LogP contribution in [0.25, 0.3) is 0 Å². The number of carbonyl (C=O) groups is 2. The second kappa shape index (κ2) is 9.82. The Balaban J connectivity index is 1.80. The van der Waals surface area contributed by atoms with Crippen LogP contribution in [-0.2, 0) is 14.3 Å². The first kappa shape index (κ1) is 24.3. The molecule has 1 aliphatic carbocycles. The number of phenolic OH excluding ortho intramolecular Hbond substituents is 1. The van der Waals surface area contributed by atoms with Gasteiger partial charge in [0.25, 0.3) is 0 Å². The van der Waals surface area contributed by atoms with Crippen LogP contribution in [0.4, 0.5) is 0 Å². The summed E-state index contributed by atoms with van der Waals surface area (Å²) in [6.45, 7) is 1.78. The zero-order valence-corrected chi connectivity index (χ0v) is 20.5. The molecule has 3 atom stereocenters. The van der Waals surface area contributed by atoms with Crippen LogP contribution in [0.1, 0.15) is 42.7 Å². The number of phenols is 1. The van der Waals surface area contributed by atoms with Gasteiger partial charge in [-0.05, 0) is 54.7 Å². The number of rotatable bonds is 6. The Hall–Kier alpha value is -3.81. The fraction of sp³-hybridized carbons (Fsp3) is 0.370. The summed E-state index contributed by atoms with van der Waals surface area (Å²) in [5.41, 5.74) is 3.38. The highest BCUT2D eigenvalue weighted by molar-refractivity contribution is 6.09. The van der Waals surface area contributed by atoms with Crippen LogP contribution in [-0.4, -0.2) is 51.0 Å². The van der Waals surface area contributed by atoms with Crippen molar-refractivity contribution in [1.82, 2.24) is 0 Å². The van der Waals surface area contributed by atoms with Crippen LogP contribution in [0.15, 0.2) is 52.7 Å². The third-order valence-corrected chi connectivity index (χ3v) is 6.79. The summed E-state index contributed by atoms with van der Waals surface area (Å²) >= 11 is 0. The third-order valence-electron chi connectivity index (χ3n) is 6.79. The fourth-order valence-corrected chi connectivity index (χ4v) is 5.08. The van der Waals surface area contributed by atoms with Crippen molar-refractivity contribution in [3.05, 3.63) is 58.8 Å². The number of ether oxygens (including phenoxy) is 4. The predicted octanol–water partition coefficient (Wildman–Crippen LogP) is 4.17. The fourth-order valence-electron chi connectivity index (χ4n) is 5.08. The minimum absolute atomic E-state index is 0.0234. The maximum atomic E-state index is 13.6. The van der Waals surface area contributed by atoms with Gasteiger partial charge >= 0.3 is 5.97 Å². The first-order valence-corrected chi connectivity index (χ1v) is 11.3. The minimum Gasteiger partial charge on any atom is -0.504 e. The van der Waals surface area contributed by atoms with Crippen molar-refractivity contribution in [2.75, 3.05) is 28.4 Å². The van der Waals surface area contributed by atoms with Crippen molar-refractivity contribution in [1.29, 1.82) is 0 Å². The molecule has 8 nitrogen and oxygen atoms in total. The zero-order valence-electron chi connectivity index (χ0n) is 20.5. The molecule has 1 aliphatic heterocycles. The monoisotopic (exact) mass is 479 g/mol. The first-order valence-electron chi connectivity index (χ1n) is 11.3. The number of nitrogens with zero attached hydrogens (tertiary/aromatic N) is 1. The molecule has 8 heteroatoms. The largest absolute Gasteiger partial charge is 0.504 e. The normalized spacial score (nSPS) is 21.7. The van der Waals surface area contributed by atoms with Crippen molar-refractivity contribution in [3.63, 3.8) is 0 Å². The molecule has 0 saturated heterocycles. The minimum atomic E-state index is -0.755. The van der Waals surface area contributed by atoms with Crippen LogP contribution >= 0.6 is 0 Å². The van der Waals surface area contributed by atoms with E-state index in [0.29, 0.717) is 40.5 Å². The van der Waals surface area contributed by atoms with Crippen molar-refractivity contribution >= 4 is 17.5 Å².